The van der Waals surface area contributed by atoms with Gasteiger partial charge in [0.1, 0.15) is 0 Å². The average Bonchev–Trinajstić information content (AvgIpc) is 3.07. The third kappa shape index (κ3) is 2.05. The van der Waals surface area contributed by atoms with Crippen molar-refractivity contribution in [1.82, 2.24) is 10.2 Å². The van der Waals surface area contributed by atoms with Crippen molar-refractivity contribution < 1.29 is 9.53 Å². The standard InChI is InChI=1S/C14H24N2O2/c1-18-12-8-4-7-11(12)16-13(17)9-15-14(16)10-5-2-3-6-10/h10-12,14-15H,2-9H2,1H3. The van der Waals surface area contributed by atoms with Gasteiger partial charge in [-0.15, -0.1) is 0 Å². The number of amides is 1. The van der Waals surface area contributed by atoms with Crippen LogP contribution >= 0.6 is 0 Å². The first-order valence-electron chi connectivity index (χ1n) is 7.38. The molecule has 3 unspecified atom stereocenters. The van der Waals surface area contributed by atoms with Crippen LogP contribution in [0.3, 0.4) is 0 Å². The van der Waals surface area contributed by atoms with E-state index in [2.05, 4.69) is 10.2 Å². The first-order chi connectivity index (χ1) is 8.81. The van der Waals surface area contributed by atoms with Crippen LogP contribution in [0.5, 0.6) is 0 Å². The second kappa shape index (κ2) is 5.17. The number of rotatable bonds is 3. The third-order valence-electron chi connectivity index (χ3n) is 4.97. The van der Waals surface area contributed by atoms with Crippen molar-refractivity contribution in [1.29, 1.82) is 0 Å². The third-order valence-corrected chi connectivity index (χ3v) is 4.97. The Bertz CT molecular complexity index is 315. The smallest absolute Gasteiger partial charge is 0.238 e. The molecule has 0 aromatic heterocycles. The van der Waals surface area contributed by atoms with Gasteiger partial charge in [0, 0.05) is 7.11 Å². The molecule has 2 aliphatic carbocycles. The largest absolute Gasteiger partial charge is 0.379 e. The van der Waals surface area contributed by atoms with Crippen LogP contribution < -0.4 is 5.32 Å². The van der Waals surface area contributed by atoms with E-state index < -0.39 is 0 Å². The predicted molar refractivity (Wildman–Crippen MR) is 69.0 cm³/mol. The molecule has 2 saturated carbocycles. The average molecular weight is 252 g/mol. The summed E-state index contributed by atoms with van der Waals surface area (Å²) in [4.78, 5) is 14.3. The number of carbonyl (C=O) groups excluding carboxylic acids is 1. The van der Waals surface area contributed by atoms with Crippen LogP contribution in [0, 0.1) is 5.92 Å². The second-order valence-corrected chi connectivity index (χ2v) is 5.94. The number of nitrogens with zero attached hydrogens (tertiary/aromatic N) is 1. The molecule has 3 rings (SSSR count). The number of carbonyl (C=O) groups is 1. The zero-order valence-corrected chi connectivity index (χ0v) is 11.2. The van der Waals surface area contributed by atoms with Crippen molar-refractivity contribution >= 4 is 5.91 Å². The zero-order chi connectivity index (χ0) is 12.5. The summed E-state index contributed by atoms with van der Waals surface area (Å²) in [6.45, 7) is 0.522. The first kappa shape index (κ1) is 12.4. The molecule has 1 N–H and O–H groups in total. The molecule has 1 heterocycles. The minimum absolute atomic E-state index is 0.248. The maximum Gasteiger partial charge on any atom is 0.238 e. The van der Waals surface area contributed by atoms with Gasteiger partial charge in [-0.1, -0.05) is 12.8 Å². The topological polar surface area (TPSA) is 41.6 Å². The van der Waals surface area contributed by atoms with Gasteiger partial charge < -0.3 is 9.64 Å². The van der Waals surface area contributed by atoms with Crippen LogP contribution in [-0.2, 0) is 9.53 Å². The molecule has 1 amide bonds. The van der Waals surface area contributed by atoms with Crippen LogP contribution in [0.1, 0.15) is 44.9 Å². The van der Waals surface area contributed by atoms with Crippen LogP contribution in [0.2, 0.25) is 0 Å². The molecule has 0 spiro atoms. The van der Waals surface area contributed by atoms with E-state index in [4.69, 9.17) is 4.74 Å². The van der Waals surface area contributed by atoms with Gasteiger partial charge >= 0.3 is 0 Å². The molecule has 3 atom stereocenters. The van der Waals surface area contributed by atoms with Gasteiger partial charge in [-0.25, -0.2) is 0 Å². The molecule has 0 aromatic rings. The Morgan fingerprint density at radius 3 is 2.67 bits per heavy atom. The molecule has 0 bridgehead atoms. The van der Waals surface area contributed by atoms with Crippen LogP contribution in [0.15, 0.2) is 0 Å². The predicted octanol–water partition coefficient (Wildman–Crippen LogP) is 1.50. The summed E-state index contributed by atoms with van der Waals surface area (Å²) in [6, 6.07) is 0.308. The molecule has 4 heteroatoms. The summed E-state index contributed by atoms with van der Waals surface area (Å²) in [5, 5.41) is 3.44. The molecule has 0 radical (unpaired) electrons. The van der Waals surface area contributed by atoms with Crippen molar-refractivity contribution in [2.75, 3.05) is 13.7 Å². The maximum absolute atomic E-state index is 12.2. The highest BCUT2D eigenvalue weighted by molar-refractivity contribution is 5.81. The summed E-state index contributed by atoms with van der Waals surface area (Å²) in [5.41, 5.74) is 0. The Morgan fingerprint density at radius 2 is 1.94 bits per heavy atom. The van der Waals surface area contributed by atoms with Crippen LogP contribution in [0.25, 0.3) is 0 Å². The molecule has 102 valence electrons. The molecule has 4 nitrogen and oxygen atoms in total. The highest BCUT2D eigenvalue weighted by Gasteiger charge is 2.44. The SMILES string of the molecule is COC1CCCC1N1C(=O)CNC1C1CCCC1. The molecular formula is C14H24N2O2. The summed E-state index contributed by atoms with van der Waals surface area (Å²) in [7, 11) is 1.78. The van der Waals surface area contributed by atoms with E-state index >= 15 is 0 Å². The quantitative estimate of drug-likeness (QED) is 0.827. The van der Waals surface area contributed by atoms with E-state index in [1.807, 2.05) is 0 Å². The summed E-state index contributed by atoms with van der Waals surface area (Å²) >= 11 is 0. The molecule has 3 fully saturated rings. The van der Waals surface area contributed by atoms with Crippen LogP contribution in [0.4, 0.5) is 0 Å². The van der Waals surface area contributed by atoms with Crippen molar-refractivity contribution in [2.45, 2.75) is 63.3 Å². The minimum atomic E-state index is 0.248. The number of hydrogen-bond donors (Lipinski definition) is 1. The lowest BCUT2D eigenvalue weighted by molar-refractivity contribution is -0.133. The highest BCUT2D eigenvalue weighted by atomic mass is 16.5. The summed E-state index contributed by atoms with van der Waals surface area (Å²) in [6.07, 6.45) is 9.10. The Kier molecular flexibility index (Phi) is 3.57. The fourth-order valence-electron chi connectivity index (χ4n) is 4.09. The lowest BCUT2D eigenvalue weighted by Gasteiger charge is -2.36. The molecule has 0 aromatic carbocycles. The van der Waals surface area contributed by atoms with E-state index in [9.17, 15) is 4.79 Å². The van der Waals surface area contributed by atoms with Gasteiger partial charge in [-0.2, -0.15) is 0 Å². The summed E-state index contributed by atoms with van der Waals surface area (Å²) < 4.78 is 5.57. The first-order valence-corrected chi connectivity index (χ1v) is 7.38. The fourth-order valence-corrected chi connectivity index (χ4v) is 4.09. The minimum Gasteiger partial charge on any atom is -0.379 e. The van der Waals surface area contributed by atoms with Crippen molar-refractivity contribution in [3.05, 3.63) is 0 Å². The van der Waals surface area contributed by atoms with Gasteiger partial charge in [0.2, 0.25) is 5.91 Å². The fraction of sp³-hybridized carbons (Fsp3) is 0.929. The number of nitrogens with one attached hydrogen (secondary N) is 1. The molecule has 1 saturated heterocycles. The Morgan fingerprint density at radius 1 is 1.17 bits per heavy atom. The number of hydrogen-bond acceptors (Lipinski definition) is 3. The molecule has 1 aliphatic heterocycles. The Balaban J connectivity index is 1.76. The van der Waals surface area contributed by atoms with Gasteiger partial charge in [0.05, 0.1) is 24.9 Å². The van der Waals surface area contributed by atoms with E-state index in [1.165, 1.54) is 32.1 Å². The molecule has 3 aliphatic rings. The number of ether oxygens (including phenoxy) is 1. The van der Waals surface area contributed by atoms with E-state index in [1.54, 1.807) is 7.11 Å². The highest BCUT2D eigenvalue weighted by Crippen LogP contribution is 2.35. The molecule has 18 heavy (non-hydrogen) atoms. The Hall–Kier alpha value is -0.610. The maximum atomic E-state index is 12.2. The lowest BCUT2D eigenvalue weighted by atomic mass is 10.0. The zero-order valence-electron chi connectivity index (χ0n) is 11.2. The van der Waals surface area contributed by atoms with Crippen molar-refractivity contribution in [3.63, 3.8) is 0 Å². The number of methoxy groups -OCH3 is 1. The van der Waals surface area contributed by atoms with Gasteiger partial charge in [0.15, 0.2) is 0 Å². The summed E-state index contributed by atoms with van der Waals surface area (Å²) in [5.74, 6) is 0.940. The monoisotopic (exact) mass is 252 g/mol. The normalized spacial score (nSPS) is 37.9. The Labute approximate surface area is 109 Å². The van der Waals surface area contributed by atoms with Gasteiger partial charge in [-0.05, 0) is 38.0 Å². The lowest BCUT2D eigenvalue weighted by Crippen LogP contribution is -2.51. The van der Waals surface area contributed by atoms with E-state index in [0.717, 1.165) is 12.8 Å². The van der Waals surface area contributed by atoms with Crippen molar-refractivity contribution in [3.8, 4) is 0 Å². The van der Waals surface area contributed by atoms with E-state index in [-0.39, 0.29) is 18.2 Å². The van der Waals surface area contributed by atoms with Crippen LogP contribution in [-0.4, -0.2) is 42.8 Å². The van der Waals surface area contributed by atoms with Gasteiger partial charge in [-0.3, -0.25) is 10.1 Å². The van der Waals surface area contributed by atoms with Crippen molar-refractivity contribution in [2.24, 2.45) is 5.92 Å². The second-order valence-electron chi connectivity index (χ2n) is 5.94. The van der Waals surface area contributed by atoms with Gasteiger partial charge in [0.25, 0.3) is 0 Å². The molecular weight excluding hydrogens is 228 g/mol. The van der Waals surface area contributed by atoms with E-state index in [0.29, 0.717) is 18.5 Å².